The van der Waals surface area contributed by atoms with E-state index in [0.29, 0.717) is 0 Å². The molecule has 16 unspecified atom stereocenters. The molecule has 6 aromatic rings. The van der Waals surface area contributed by atoms with Gasteiger partial charge in [-0.3, -0.25) is 51.4 Å². The van der Waals surface area contributed by atoms with Crippen molar-refractivity contribution in [3.8, 4) is 0 Å². The van der Waals surface area contributed by atoms with Crippen molar-refractivity contribution in [2.24, 2.45) is 7.05 Å². The number of rotatable bonds is 20. The summed E-state index contributed by atoms with van der Waals surface area (Å²) < 4.78 is 104. The fourth-order valence-electron chi connectivity index (χ4n) is 8.48. The van der Waals surface area contributed by atoms with Gasteiger partial charge in [-0.2, -0.15) is 4.98 Å². The molecule has 42 heteroatoms. The quantitative estimate of drug-likeness (QED) is 0.0261. The van der Waals surface area contributed by atoms with Gasteiger partial charge in [-0.25, -0.2) is 46.8 Å². The Morgan fingerprint density at radius 2 is 1.32 bits per heavy atom. The number of ether oxygens (including phenoxy) is 5. The highest BCUT2D eigenvalue weighted by atomic mass is 32.5. The molecule has 0 amide bonds. The van der Waals surface area contributed by atoms with Gasteiger partial charge in [0, 0.05) is 14.2 Å². The Balaban J connectivity index is 0.858. The van der Waals surface area contributed by atoms with Crippen LogP contribution in [0.1, 0.15) is 18.7 Å². The highest BCUT2D eigenvalue weighted by Crippen LogP contribution is 2.68. The van der Waals surface area contributed by atoms with E-state index in [1.165, 1.54) is 53.0 Å². The van der Waals surface area contributed by atoms with Crippen LogP contribution in [0.5, 0.6) is 0 Å². The zero-order valence-corrected chi connectivity index (χ0v) is 42.8. The number of aryl methyl sites for hydroxylation is 1. The van der Waals surface area contributed by atoms with Crippen molar-refractivity contribution in [3.63, 3.8) is 0 Å². The van der Waals surface area contributed by atoms with E-state index in [-0.39, 0.29) is 45.4 Å². The number of anilines is 2. The van der Waals surface area contributed by atoms with Gasteiger partial charge in [0.15, 0.2) is 35.6 Å². The highest BCUT2D eigenvalue weighted by Gasteiger charge is 2.53. The lowest BCUT2D eigenvalue weighted by molar-refractivity contribution is -0.745. The zero-order chi connectivity index (χ0) is 54.1. The number of aromatic amines is 2. The van der Waals surface area contributed by atoms with Gasteiger partial charge >= 0.3 is 35.8 Å². The van der Waals surface area contributed by atoms with Crippen molar-refractivity contribution in [2.45, 2.75) is 73.6 Å². The third-order valence-electron chi connectivity index (χ3n) is 11.7. The smallest absolute Gasteiger partial charge is 0.387 e. The topological polar surface area (TPSA) is 508 Å². The number of hydrogen-bond donors (Lipinski definition) is 11. The second-order valence-corrected chi connectivity index (χ2v) is 23.9. The Morgan fingerprint density at radius 3 is 2.00 bits per heavy atom. The lowest BCUT2D eigenvalue weighted by Gasteiger charge is -2.26. The average molecular weight is 1160 g/mol. The van der Waals surface area contributed by atoms with Gasteiger partial charge in [0.05, 0.1) is 45.7 Å². The minimum absolute atomic E-state index is 0.00803. The van der Waals surface area contributed by atoms with E-state index in [0.717, 1.165) is 18.0 Å². The Kier molecular flexibility index (Phi) is 15.5. The second kappa shape index (κ2) is 21.0. The molecule has 3 aliphatic rings. The predicted molar refractivity (Wildman–Crippen MR) is 246 cm³/mol. The molecule has 9 heterocycles. The maximum absolute atomic E-state index is 13.7. The molecular formula is C33H45N14O23P4S+. The normalized spacial score (nSPS) is 30.5. The Morgan fingerprint density at radius 1 is 0.733 bits per heavy atom. The molecule has 0 aromatic carbocycles. The zero-order valence-electron chi connectivity index (χ0n) is 38.4. The first-order valence-electron chi connectivity index (χ1n) is 21.3. The van der Waals surface area contributed by atoms with Crippen LogP contribution in [0.15, 0.2) is 41.1 Å². The summed E-state index contributed by atoms with van der Waals surface area (Å²) in [5.41, 5.74) is 10.2. The maximum Gasteiger partial charge on any atom is 0.479 e. The van der Waals surface area contributed by atoms with Crippen LogP contribution in [0.2, 0.25) is 0 Å². The number of methoxy groups -OCH3 is 2. The van der Waals surface area contributed by atoms with Crippen LogP contribution in [0.4, 0.5) is 11.9 Å². The van der Waals surface area contributed by atoms with E-state index in [1.54, 1.807) is 0 Å². The number of aromatic nitrogens is 12. The summed E-state index contributed by atoms with van der Waals surface area (Å²) in [6.07, 6.45) is -12.2. The van der Waals surface area contributed by atoms with Crippen molar-refractivity contribution < 1.29 is 104 Å². The number of hydrogen-bond acceptors (Lipinski definition) is 28. The molecule has 3 fully saturated rings. The van der Waals surface area contributed by atoms with Gasteiger partial charge in [0.2, 0.25) is 17.7 Å². The molecular weight excluding hydrogens is 1120 g/mol. The highest BCUT2D eigenvalue weighted by molar-refractivity contribution is 8.09. The van der Waals surface area contributed by atoms with Gasteiger partial charge in [-0.1, -0.05) is 4.98 Å². The molecule has 0 bridgehead atoms. The Bertz CT molecular complexity index is 3440. The first-order valence-corrected chi connectivity index (χ1v) is 28.4. The van der Waals surface area contributed by atoms with Gasteiger partial charge < -0.3 is 70.0 Å². The first kappa shape index (κ1) is 55.2. The van der Waals surface area contributed by atoms with Crippen LogP contribution in [-0.2, 0) is 83.0 Å². The second-order valence-electron chi connectivity index (χ2n) is 16.5. The number of aliphatic hydroxyl groups excluding tert-OH is 3. The number of aliphatic hydroxyl groups is 3. The first-order chi connectivity index (χ1) is 35.3. The largest absolute Gasteiger partial charge is 0.479 e. The molecule has 16 atom stereocenters. The molecule has 6 aromatic heterocycles. The van der Waals surface area contributed by atoms with Crippen LogP contribution in [0.25, 0.3) is 33.5 Å². The Hall–Kier alpha value is -4.53. The molecule has 13 N–H and O–H groups in total. The lowest BCUT2D eigenvalue weighted by atomic mass is 10.1. The molecule has 410 valence electrons. The number of H-pyrrole nitrogens is 2. The van der Waals surface area contributed by atoms with Crippen LogP contribution in [0.3, 0.4) is 0 Å². The van der Waals surface area contributed by atoms with Gasteiger partial charge in [-0.15, -0.1) is 0 Å². The molecule has 3 saturated heterocycles. The lowest BCUT2D eigenvalue weighted by Crippen LogP contribution is -2.46. The summed E-state index contributed by atoms with van der Waals surface area (Å²) in [7, 11) is -12.9. The van der Waals surface area contributed by atoms with Gasteiger partial charge in [0.25, 0.3) is 17.1 Å². The molecule has 3 aliphatic heterocycles. The average Bonchev–Trinajstić information content (AvgIpc) is 4.18. The minimum Gasteiger partial charge on any atom is -0.387 e. The van der Waals surface area contributed by atoms with Crippen molar-refractivity contribution in [2.75, 3.05) is 45.5 Å². The summed E-state index contributed by atoms with van der Waals surface area (Å²) in [4.78, 5) is 96.9. The summed E-state index contributed by atoms with van der Waals surface area (Å²) in [5.74, 6) is -0.551. The number of nitrogens with zero attached hydrogens (tertiary/aromatic N) is 10. The number of fused-ring (bicyclic) bond motifs is 3. The van der Waals surface area contributed by atoms with E-state index in [1.807, 2.05) is 0 Å². The van der Waals surface area contributed by atoms with Crippen LogP contribution >= 0.6 is 30.2 Å². The number of phosphoric ester groups is 3. The summed E-state index contributed by atoms with van der Waals surface area (Å²) in [6, 6.07) is 0. The van der Waals surface area contributed by atoms with E-state index in [4.69, 9.17) is 65.1 Å². The molecule has 0 radical (unpaired) electrons. The predicted octanol–water partition coefficient (Wildman–Crippen LogP) is -3.52. The van der Waals surface area contributed by atoms with Crippen LogP contribution in [-0.4, -0.2) is 177 Å². The number of nitrogens with two attached hydrogens (primary N) is 2. The third kappa shape index (κ3) is 11.3. The summed E-state index contributed by atoms with van der Waals surface area (Å²) >= 11 is 4.75. The maximum atomic E-state index is 13.7. The fraction of sp³-hybridized carbons (Fsp3) is 0.545. The van der Waals surface area contributed by atoms with Crippen LogP contribution < -0.4 is 27.2 Å². The van der Waals surface area contributed by atoms with Crippen molar-refractivity contribution in [1.29, 1.82) is 0 Å². The molecule has 0 aliphatic carbocycles. The van der Waals surface area contributed by atoms with E-state index in [2.05, 4.69) is 48.5 Å². The van der Waals surface area contributed by atoms with Crippen molar-refractivity contribution in [3.05, 3.63) is 52.2 Å². The molecule has 0 saturated carbocycles. The van der Waals surface area contributed by atoms with Crippen molar-refractivity contribution in [1.82, 2.24) is 53.6 Å². The van der Waals surface area contributed by atoms with Gasteiger partial charge in [0.1, 0.15) is 66.8 Å². The molecule has 0 spiro atoms. The van der Waals surface area contributed by atoms with Gasteiger partial charge in [-0.05, 0) is 11.8 Å². The molecule has 9 rings (SSSR count). The molecule has 37 nitrogen and oxygen atoms in total. The van der Waals surface area contributed by atoms with E-state index in [9.17, 15) is 58.2 Å². The number of nitrogen functional groups attached to an aromatic ring is 2. The van der Waals surface area contributed by atoms with Crippen molar-refractivity contribution >= 4 is 87.4 Å². The number of nitrogens with one attached hydrogen (secondary N) is 2. The fourth-order valence-corrected chi connectivity index (χ4v) is 14.5. The Labute approximate surface area is 421 Å². The summed E-state index contributed by atoms with van der Waals surface area (Å²) in [5, 5.41) is 32.9. The minimum atomic E-state index is -5.72. The third-order valence-corrected chi connectivity index (χ3v) is 18.1. The number of phosphoric acid groups is 3. The summed E-state index contributed by atoms with van der Waals surface area (Å²) in [6.45, 7) is -8.32. The SMILES string of the molecule is COC1C(COP(=O)(O)OP(O)(=S)OP(=O)(O)OCC2OC(n3cnc4cncnc43)C(OC)C2OP(=O)(O)OCC2OC(n3cnc4c(=O)[nH]c(N)nc43)C(O)C2O)OC([n+]2cn(C)c3c(=O)[nH]c(N)nc32)C1O. The monoisotopic (exact) mass is 1160 g/mol. The van der Waals surface area contributed by atoms with Crippen LogP contribution in [0, 0.1) is 0 Å². The number of imidazole rings is 3. The molecule has 75 heavy (non-hydrogen) atoms. The van der Waals surface area contributed by atoms with E-state index < -0.39 is 135 Å². The van der Waals surface area contributed by atoms with E-state index >= 15 is 0 Å². The standard InChI is InChI=1S/C33H44N14O23P4S/c1-44-11-47(26-17(44)28(52)43-33(35)41-26)30-20(50)21(60-2)14(66-30)6-63-72(55,56)69-74(59,75)70-73(57,58)64-7-15-22(23(61-3)31(67-15)45-9-38-12-4-36-8-37-24(12)45)68-71(53,54)62-5-13-18(48)19(49)29(65-13)46-10-39-16-25(46)40-32(34)42-27(16)51/h4,8-11,13-15,18-23,29-31,48-50H,5-7H2,1-3H3,(H9-,34,35,40,41,42,43,51,52,53,54,55,56,57,58,59,75)/p+1.